The van der Waals surface area contributed by atoms with E-state index in [1.54, 1.807) is 22.6 Å². The van der Waals surface area contributed by atoms with Crippen LogP contribution in [0.15, 0.2) is 29.8 Å². The molecule has 0 saturated heterocycles. The first kappa shape index (κ1) is 11.4. The van der Waals surface area contributed by atoms with Crippen LogP contribution in [0.2, 0.25) is 0 Å². The Morgan fingerprint density at radius 3 is 2.89 bits per heavy atom. The van der Waals surface area contributed by atoms with Gasteiger partial charge in [-0.15, -0.1) is 16.9 Å². The highest BCUT2D eigenvalue weighted by Gasteiger charge is 2.13. The predicted molar refractivity (Wildman–Crippen MR) is 66.7 cm³/mol. The van der Waals surface area contributed by atoms with Crippen molar-refractivity contribution in [1.82, 2.24) is 15.0 Å². The summed E-state index contributed by atoms with van der Waals surface area (Å²) in [6.45, 7) is 0. The Bertz CT molecular complexity index is 622. The van der Waals surface area contributed by atoms with E-state index in [0.29, 0.717) is 5.69 Å². The van der Waals surface area contributed by atoms with Gasteiger partial charge >= 0.3 is 0 Å². The highest BCUT2D eigenvalue weighted by atomic mass is 32.2. The Morgan fingerprint density at radius 2 is 2.17 bits per heavy atom. The zero-order valence-corrected chi connectivity index (χ0v) is 10.1. The quantitative estimate of drug-likeness (QED) is 0.835. The number of aromatic nitrogens is 3. The number of hydrogen-bond donors (Lipinski definition) is 0. The van der Waals surface area contributed by atoms with E-state index in [0.717, 1.165) is 23.9 Å². The molecule has 2 aromatic rings. The molecule has 3 rings (SSSR count). The van der Waals surface area contributed by atoms with Crippen LogP contribution in [0.4, 0.5) is 8.78 Å². The number of allylic oxidation sites excluding steroid dienone is 1. The highest BCUT2D eigenvalue weighted by Crippen LogP contribution is 2.27. The summed E-state index contributed by atoms with van der Waals surface area (Å²) in [7, 11) is 0. The average Bonchev–Trinajstić information content (AvgIpc) is 2.99. The normalized spacial score (nSPS) is 14.9. The molecule has 0 saturated carbocycles. The third kappa shape index (κ3) is 2.03. The molecule has 0 atom stereocenters. The summed E-state index contributed by atoms with van der Waals surface area (Å²) >= 11 is 1.71. The van der Waals surface area contributed by atoms with Crippen LogP contribution in [0, 0.1) is 11.6 Å². The van der Waals surface area contributed by atoms with Crippen molar-refractivity contribution >= 4 is 17.5 Å². The lowest BCUT2D eigenvalue weighted by atomic mass is 10.1. The minimum absolute atomic E-state index is 0.258. The van der Waals surface area contributed by atoms with Crippen molar-refractivity contribution in [2.24, 2.45) is 0 Å². The first-order valence-corrected chi connectivity index (χ1v) is 6.48. The summed E-state index contributed by atoms with van der Waals surface area (Å²) in [5, 5.41) is 9.90. The van der Waals surface area contributed by atoms with E-state index in [9.17, 15) is 8.78 Å². The molecule has 3 nitrogen and oxygen atoms in total. The van der Waals surface area contributed by atoms with E-state index in [2.05, 4.69) is 10.3 Å². The predicted octanol–water partition coefficient (Wildman–Crippen LogP) is 3.16. The molecule has 0 fully saturated rings. The lowest BCUT2D eigenvalue weighted by Crippen LogP contribution is -1.95. The van der Waals surface area contributed by atoms with E-state index < -0.39 is 11.6 Å². The van der Waals surface area contributed by atoms with Crippen LogP contribution in [0.3, 0.4) is 0 Å². The molecule has 0 aliphatic carbocycles. The van der Waals surface area contributed by atoms with Gasteiger partial charge in [-0.05, 0) is 24.0 Å². The van der Waals surface area contributed by atoms with Gasteiger partial charge in [0.05, 0.1) is 11.9 Å². The number of halogens is 2. The molecular weight excluding hydrogens is 256 g/mol. The minimum Gasteiger partial charge on any atom is -0.224 e. The first-order chi connectivity index (χ1) is 8.74. The molecule has 1 aromatic heterocycles. The van der Waals surface area contributed by atoms with Gasteiger partial charge in [-0.3, -0.25) is 0 Å². The van der Waals surface area contributed by atoms with Crippen LogP contribution in [-0.2, 0) is 0 Å². The van der Waals surface area contributed by atoms with Gasteiger partial charge in [-0.1, -0.05) is 5.21 Å². The fraction of sp³-hybridized carbons (Fsp3) is 0.167. The lowest BCUT2D eigenvalue weighted by molar-refractivity contribution is 0.585. The standard InChI is InChI=1S/C12H9F2N3S/c13-8-1-2-10(11(14)5-8)12-6-17(16-15-12)9-3-4-18-7-9/h1-2,5-7H,3-4H2. The van der Waals surface area contributed by atoms with Gasteiger partial charge < -0.3 is 0 Å². The number of rotatable bonds is 2. The summed E-state index contributed by atoms with van der Waals surface area (Å²) in [5.74, 6) is -0.203. The molecule has 2 heterocycles. The summed E-state index contributed by atoms with van der Waals surface area (Å²) in [6, 6.07) is 3.43. The van der Waals surface area contributed by atoms with Crippen LogP contribution in [0.5, 0.6) is 0 Å². The maximum atomic E-state index is 13.6. The number of nitrogens with zero attached hydrogens (tertiary/aromatic N) is 3. The van der Waals surface area contributed by atoms with Gasteiger partial charge in [0, 0.05) is 17.4 Å². The Balaban J connectivity index is 1.97. The number of benzene rings is 1. The van der Waals surface area contributed by atoms with Crippen LogP contribution in [-0.4, -0.2) is 20.7 Å². The Labute approximate surface area is 107 Å². The summed E-state index contributed by atoms with van der Waals surface area (Å²) in [5.41, 5.74) is 1.71. The van der Waals surface area contributed by atoms with E-state index in [1.165, 1.54) is 12.1 Å². The van der Waals surface area contributed by atoms with Gasteiger partial charge in [0.2, 0.25) is 0 Å². The van der Waals surface area contributed by atoms with Crippen molar-refractivity contribution in [3.8, 4) is 11.3 Å². The molecule has 0 amide bonds. The second-order valence-corrected chi connectivity index (χ2v) is 4.88. The van der Waals surface area contributed by atoms with E-state index in [-0.39, 0.29) is 5.56 Å². The van der Waals surface area contributed by atoms with Crippen molar-refractivity contribution in [1.29, 1.82) is 0 Å². The molecule has 6 heteroatoms. The van der Waals surface area contributed by atoms with Crippen molar-refractivity contribution in [2.45, 2.75) is 6.42 Å². The van der Waals surface area contributed by atoms with Crippen LogP contribution < -0.4 is 0 Å². The Morgan fingerprint density at radius 1 is 1.28 bits per heavy atom. The largest absolute Gasteiger partial charge is 0.224 e. The maximum absolute atomic E-state index is 13.6. The topological polar surface area (TPSA) is 30.7 Å². The van der Waals surface area contributed by atoms with Gasteiger partial charge in [0.25, 0.3) is 0 Å². The van der Waals surface area contributed by atoms with Crippen molar-refractivity contribution in [3.05, 3.63) is 41.4 Å². The first-order valence-electron chi connectivity index (χ1n) is 5.43. The Kier molecular flexibility index (Phi) is 2.87. The third-order valence-corrected chi connectivity index (χ3v) is 3.57. The van der Waals surface area contributed by atoms with Gasteiger partial charge in [-0.2, -0.15) is 0 Å². The van der Waals surface area contributed by atoms with Crippen molar-refractivity contribution in [3.63, 3.8) is 0 Å². The molecule has 0 radical (unpaired) electrons. The van der Waals surface area contributed by atoms with Crippen LogP contribution in [0.25, 0.3) is 17.0 Å². The molecule has 0 unspecified atom stereocenters. The maximum Gasteiger partial charge on any atom is 0.135 e. The van der Waals surface area contributed by atoms with Crippen molar-refractivity contribution in [2.75, 3.05) is 5.75 Å². The molecule has 1 aromatic carbocycles. The molecule has 1 aliphatic heterocycles. The number of thioether (sulfide) groups is 1. The lowest BCUT2D eigenvalue weighted by Gasteiger charge is -1.99. The highest BCUT2D eigenvalue weighted by molar-refractivity contribution is 8.02. The zero-order chi connectivity index (χ0) is 12.5. The molecule has 1 aliphatic rings. The summed E-state index contributed by atoms with van der Waals surface area (Å²) in [6.07, 6.45) is 2.58. The summed E-state index contributed by atoms with van der Waals surface area (Å²) < 4.78 is 28.0. The molecular formula is C12H9F2N3S. The van der Waals surface area contributed by atoms with Gasteiger partial charge in [0.15, 0.2) is 0 Å². The second-order valence-electron chi connectivity index (χ2n) is 3.90. The smallest absolute Gasteiger partial charge is 0.135 e. The van der Waals surface area contributed by atoms with E-state index in [4.69, 9.17) is 0 Å². The number of hydrogen-bond acceptors (Lipinski definition) is 3. The molecule has 0 N–H and O–H groups in total. The third-order valence-electron chi connectivity index (χ3n) is 2.69. The fourth-order valence-corrected chi connectivity index (χ4v) is 2.63. The fourth-order valence-electron chi connectivity index (χ4n) is 1.77. The zero-order valence-electron chi connectivity index (χ0n) is 9.31. The average molecular weight is 265 g/mol. The van der Waals surface area contributed by atoms with Crippen LogP contribution >= 0.6 is 11.8 Å². The summed E-state index contributed by atoms with van der Waals surface area (Å²) in [4.78, 5) is 0. The van der Waals surface area contributed by atoms with Gasteiger partial charge in [-0.25, -0.2) is 13.5 Å². The molecule has 92 valence electrons. The SMILES string of the molecule is Fc1ccc(-c2cn(C3=CSCC3)nn2)c(F)c1. The molecule has 18 heavy (non-hydrogen) atoms. The molecule has 0 bridgehead atoms. The van der Waals surface area contributed by atoms with Crippen LogP contribution in [0.1, 0.15) is 6.42 Å². The Hall–Kier alpha value is -1.69. The minimum atomic E-state index is -0.628. The van der Waals surface area contributed by atoms with Crippen molar-refractivity contribution < 1.29 is 8.78 Å². The molecule has 0 spiro atoms. The van der Waals surface area contributed by atoms with E-state index in [1.807, 2.05) is 5.41 Å². The van der Waals surface area contributed by atoms with Gasteiger partial charge in [0.1, 0.15) is 17.3 Å². The van der Waals surface area contributed by atoms with E-state index >= 15 is 0 Å². The second kappa shape index (κ2) is 4.53. The monoisotopic (exact) mass is 265 g/mol.